The van der Waals surface area contributed by atoms with Crippen LogP contribution in [-0.2, 0) is 4.79 Å². The van der Waals surface area contributed by atoms with E-state index in [2.05, 4.69) is 0 Å². The van der Waals surface area contributed by atoms with E-state index in [0.717, 1.165) is 18.2 Å². The topological polar surface area (TPSA) is 80.4 Å². The van der Waals surface area contributed by atoms with Crippen molar-refractivity contribution in [2.24, 2.45) is 0 Å². The van der Waals surface area contributed by atoms with Gasteiger partial charge >= 0.3 is 5.97 Å². The highest BCUT2D eigenvalue weighted by molar-refractivity contribution is 5.76. The van der Waals surface area contributed by atoms with E-state index in [0.29, 0.717) is 0 Å². The van der Waals surface area contributed by atoms with E-state index in [1.807, 2.05) is 0 Å². The summed E-state index contributed by atoms with van der Waals surface area (Å²) in [5, 5.41) is 19.2. The second-order valence-corrected chi connectivity index (χ2v) is 3.26. The third kappa shape index (κ3) is 2.33. The van der Waals surface area contributed by atoms with Crippen LogP contribution in [0.2, 0.25) is 0 Å². The van der Waals surface area contributed by atoms with Gasteiger partial charge in [0.05, 0.1) is 16.9 Å². The summed E-state index contributed by atoms with van der Waals surface area (Å²) in [5.41, 5.74) is -0.415. The Kier molecular flexibility index (Phi) is 3.55. The number of nitro groups is 1. The van der Waals surface area contributed by atoms with Gasteiger partial charge in [0.2, 0.25) is 0 Å². The van der Waals surface area contributed by atoms with Gasteiger partial charge in [0.15, 0.2) is 0 Å². The second-order valence-electron chi connectivity index (χ2n) is 3.26. The summed E-state index contributed by atoms with van der Waals surface area (Å²) in [5.74, 6) is -2.97. The number of halogens is 1. The Morgan fingerprint density at radius 2 is 2.25 bits per heavy atom. The van der Waals surface area contributed by atoms with Crippen LogP contribution < -0.4 is 0 Å². The van der Waals surface area contributed by atoms with E-state index < -0.39 is 22.6 Å². The summed E-state index contributed by atoms with van der Waals surface area (Å²) in [6, 6.07) is 2.99. The molecule has 1 N–H and O–H groups in total. The second kappa shape index (κ2) is 4.69. The maximum absolute atomic E-state index is 13.4. The summed E-state index contributed by atoms with van der Waals surface area (Å²) in [4.78, 5) is 20.4. The minimum atomic E-state index is -1.14. The van der Waals surface area contributed by atoms with Crippen molar-refractivity contribution >= 4 is 11.7 Å². The summed E-state index contributed by atoms with van der Waals surface area (Å²) < 4.78 is 13.4. The van der Waals surface area contributed by atoms with Crippen molar-refractivity contribution in [1.29, 1.82) is 0 Å². The van der Waals surface area contributed by atoms with E-state index in [4.69, 9.17) is 5.11 Å². The van der Waals surface area contributed by atoms with Crippen LogP contribution in [0.1, 0.15) is 24.8 Å². The Morgan fingerprint density at radius 3 is 2.62 bits per heavy atom. The fraction of sp³-hybridized carbons (Fsp3) is 0.300. The first-order valence-corrected chi connectivity index (χ1v) is 4.64. The SMILES string of the molecule is CCC(C(=O)O)c1ccc([N+](=O)[O-])cc1F. The van der Waals surface area contributed by atoms with Gasteiger partial charge in [-0.15, -0.1) is 0 Å². The maximum atomic E-state index is 13.4. The van der Waals surface area contributed by atoms with Crippen molar-refractivity contribution in [1.82, 2.24) is 0 Å². The predicted molar refractivity (Wildman–Crippen MR) is 53.7 cm³/mol. The van der Waals surface area contributed by atoms with E-state index in [-0.39, 0.29) is 17.7 Å². The van der Waals surface area contributed by atoms with Crippen molar-refractivity contribution in [3.63, 3.8) is 0 Å². The third-order valence-corrected chi connectivity index (χ3v) is 2.28. The highest BCUT2D eigenvalue weighted by atomic mass is 19.1. The van der Waals surface area contributed by atoms with E-state index >= 15 is 0 Å². The molecule has 0 bridgehead atoms. The molecule has 0 amide bonds. The molecule has 0 spiro atoms. The molecule has 0 saturated carbocycles. The molecule has 1 unspecified atom stereocenters. The number of rotatable bonds is 4. The van der Waals surface area contributed by atoms with Gasteiger partial charge < -0.3 is 5.11 Å². The average Bonchev–Trinajstić information content (AvgIpc) is 2.20. The number of carboxylic acid groups (broad SMARTS) is 1. The molecule has 1 aromatic rings. The molecule has 5 nitrogen and oxygen atoms in total. The Hall–Kier alpha value is -1.98. The van der Waals surface area contributed by atoms with Gasteiger partial charge in [-0.3, -0.25) is 14.9 Å². The minimum absolute atomic E-state index is 0.0272. The first-order chi connectivity index (χ1) is 7.47. The van der Waals surface area contributed by atoms with Gasteiger partial charge in [0.1, 0.15) is 5.82 Å². The highest BCUT2D eigenvalue weighted by Gasteiger charge is 2.22. The molecule has 0 saturated heterocycles. The first-order valence-electron chi connectivity index (χ1n) is 4.64. The van der Waals surface area contributed by atoms with Crippen LogP contribution in [0.3, 0.4) is 0 Å². The minimum Gasteiger partial charge on any atom is -0.481 e. The standard InChI is InChI=1S/C10H10FNO4/c1-2-7(10(13)14)8-4-3-6(12(15)16)5-9(8)11/h3-5,7H,2H2,1H3,(H,13,14). The lowest BCUT2D eigenvalue weighted by Gasteiger charge is -2.10. The Balaban J connectivity index is 3.16. The number of carbonyl (C=O) groups is 1. The summed E-state index contributed by atoms with van der Waals surface area (Å²) >= 11 is 0. The molecule has 0 heterocycles. The number of aliphatic carboxylic acids is 1. The number of hydrogen-bond donors (Lipinski definition) is 1. The number of nitro benzene ring substituents is 1. The summed E-state index contributed by atoms with van der Waals surface area (Å²) in [6.07, 6.45) is 0.226. The monoisotopic (exact) mass is 227 g/mol. The van der Waals surface area contributed by atoms with Crippen molar-refractivity contribution in [2.75, 3.05) is 0 Å². The number of carboxylic acids is 1. The predicted octanol–water partition coefficient (Wildman–Crippen LogP) is 2.31. The molecule has 0 radical (unpaired) electrons. The molecule has 0 aromatic heterocycles. The Morgan fingerprint density at radius 1 is 1.62 bits per heavy atom. The number of non-ortho nitro benzene ring substituents is 1. The zero-order chi connectivity index (χ0) is 12.3. The van der Waals surface area contributed by atoms with Gasteiger partial charge in [0.25, 0.3) is 5.69 Å². The van der Waals surface area contributed by atoms with E-state index in [1.54, 1.807) is 6.92 Å². The lowest BCUT2D eigenvalue weighted by Crippen LogP contribution is -2.12. The van der Waals surface area contributed by atoms with Crippen molar-refractivity contribution in [2.45, 2.75) is 19.3 Å². The molecule has 0 fully saturated rings. The molecule has 1 rings (SSSR count). The van der Waals surface area contributed by atoms with E-state index in [9.17, 15) is 19.3 Å². The Bertz CT molecular complexity index is 433. The Labute approximate surface area is 90.7 Å². The van der Waals surface area contributed by atoms with Gasteiger partial charge in [-0.1, -0.05) is 6.92 Å². The molecule has 0 aliphatic carbocycles. The molecular weight excluding hydrogens is 217 g/mol. The van der Waals surface area contributed by atoms with Gasteiger partial charge in [-0.25, -0.2) is 4.39 Å². The number of benzene rings is 1. The van der Waals surface area contributed by atoms with Gasteiger partial charge in [0, 0.05) is 11.6 Å². The van der Waals surface area contributed by atoms with Crippen LogP contribution in [0, 0.1) is 15.9 Å². The molecule has 0 aliphatic rings. The van der Waals surface area contributed by atoms with Crippen LogP contribution in [0.4, 0.5) is 10.1 Å². The number of hydrogen-bond acceptors (Lipinski definition) is 3. The molecule has 6 heteroatoms. The fourth-order valence-electron chi connectivity index (χ4n) is 1.44. The first kappa shape index (κ1) is 12.1. The zero-order valence-electron chi connectivity index (χ0n) is 8.51. The van der Waals surface area contributed by atoms with Crippen LogP contribution in [0.25, 0.3) is 0 Å². The smallest absolute Gasteiger partial charge is 0.311 e. The van der Waals surface area contributed by atoms with Crippen LogP contribution in [0.5, 0.6) is 0 Å². The quantitative estimate of drug-likeness (QED) is 0.632. The normalized spacial score (nSPS) is 12.1. The van der Waals surface area contributed by atoms with Gasteiger partial charge in [-0.2, -0.15) is 0 Å². The molecular formula is C10H10FNO4. The molecule has 16 heavy (non-hydrogen) atoms. The fourth-order valence-corrected chi connectivity index (χ4v) is 1.44. The average molecular weight is 227 g/mol. The van der Waals surface area contributed by atoms with Crippen LogP contribution in [0.15, 0.2) is 18.2 Å². The molecule has 1 aromatic carbocycles. The summed E-state index contributed by atoms with van der Waals surface area (Å²) in [7, 11) is 0. The third-order valence-electron chi connectivity index (χ3n) is 2.28. The van der Waals surface area contributed by atoms with Crippen molar-refractivity contribution in [3.05, 3.63) is 39.7 Å². The van der Waals surface area contributed by atoms with Crippen molar-refractivity contribution < 1.29 is 19.2 Å². The maximum Gasteiger partial charge on any atom is 0.311 e. The van der Waals surface area contributed by atoms with Crippen LogP contribution >= 0.6 is 0 Å². The molecule has 0 aliphatic heterocycles. The molecule has 86 valence electrons. The van der Waals surface area contributed by atoms with E-state index in [1.165, 1.54) is 0 Å². The largest absolute Gasteiger partial charge is 0.481 e. The van der Waals surface area contributed by atoms with Gasteiger partial charge in [-0.05, 0) is 12.5 Å². The highest BCUT2D eigenvalue weighted by Crippen LogP contribution is 2.25. The molecule has 1 atom stereocenters. The van der Waals surface area contributed by atoms with Crippen LogP contribution in [-0.4, -0.2) is 16.0 Å². The lowest BCUT2D eigenvalue weighted by atomic mass is 9.96. The summed E-state index contributed by atoms with van der Waals surface area (Å²) in [6.45, 7) is 1.61. The lowest BCUT2D eigenvalue weighted by molar-refractivity contribution is -0.385. The number of nitrogens with zero attached hydrogens (tertiary/aromatic N) is 1. The zero-order valence-corrected chi connectivity index (χ0v) is 8.51. The van der Waals surface area contributed by atoms with Crippen molar-refractivity contribution in [3.8, 4) is 0 Å².